The molecule has 0 bridgehead atoms. The Hall–Kier alpha value is -1.35. The summed E-state index contributed by atoms with van der Waals surface area (Å²) in [4.78, 5) is 3.14. The summed E-state index contributed by atoms with van der Waals surface area (Å²) in [6, 6.07) is 8.15. The highest BCUT2D eigenvalue weighted by atomic mass is 19.1. The molecule has 0 amide bonds. The van der Waals surface area contributed by atoms with E-state index >= 15 is 0 Å². The Morgan fingerprint density at radius 2 is 2.21 bits per heavy atom. The number of hydrogen-bond acceptors (Lipinski definition) is 1. The Labute approximate surface area is 113 Å². The van der Waals surface area contributed by atoms with Crippen LogP contribution < -0.4 is 5.32 Å². The first-order chi connectivity index (χ1) is 9.15. The summed E-state index contributed by atoms with van der Waals surface area (Å²) in [5, 5.41) is 4.51. The lowest BCUT2D eigenvalue weighted by atomic mass is 9.87. The van der Waals surface area contributed by atoms with Crippen molar-refractivity contribution in [3.05, 3.63) is 36.0 Å². The third-order valence-electron chi connectivity index (χ3n) is 4.20. The molecule has 2 atom stereocenters. The van der Waals surface area contributed by atoms with Gasteiger partial charge in [-0.05, 0) is 55.5 Å². The predicted molar refractivity (Wildman–Crippen MR) is 77.0 cm³/mol. The van der Waals surface area contributed by atoms with E-state index in [0.717, 1.165) is 29.4 Å². The average Bonchev–Trinajstić information content (AvgIpc) is 2.86. The van der Waals surface area contributed by atoms with Crippen LogP contribution in [0.5, 0.6) is 0 Å². The van der Waals surface area contributed by atoms with Gasteiger partial charge in [0.05, 0.1) is 0 Å². The van der Waals surface area contributed by atoms with E-state index in [9.17, 15) is 4.39 Å². The third kappa shape index (κ3) is 2.66. The number of aromatic amines is 1. The molecule has 2 heterocycles. The molecule has 0 radical (unpaired) electrons. The molecule has 1 aromatic heterocycles. The minimum absolute atomic E-state index is 0.311. The van der Waals surface area contributed by atoms with Gasteiger partial charge < -0.3 is 10.3 Å². The van der Waals surface area contributed by atoms with Crippen molar-refractivity contribution in [2.45, 2.75) is 44.3 Å². The van der Waals surface area contributed by atoms with Crippen LogP contribution in [-0.4, -0.2) is 17.6 Å². The Morgan fingerprint density at radius 1 is 1.32 bits per heavy atom. The fraction of sp³-hybridized carbons (Fsp3) is 0.500. The lowest BCUT2D eigenvalue weighted by molar-refractivity contribution is 0.146. The zero-order valence-corrected chi connectivity index (χ0v) is 11.4. The maximum atomic E-state index is 15.0. The molecule has 102 valence electrons. The number of aromatic nitrogens is 1. The first kappa shape index (κ1) is 12.7. The van der Waals surface area contributed by atoms with Crippen LogP contribution in [-0.2, 0) is 5.67 Å². The summed E-state index contributed by atoms with van der Waals surface area (Å²) in [7, 11) is 0. The van der Waals surface area contributed by atoms with Crippen molar-refractivity contribution < 1.29 is 4.39 Å². The monoisotopic (exact) mass is 260 g/mol. The third-order valence-corrected chi connectivity index (χ3v) is 4.20. The second-order valence-corrected chi connectivity index (χ2v) is 5.83. The highest BCUT2D eigenvalue weighted by molar-refractivity contribution is 5.80. The molecule has 2 unspecified atom stereocenters. The quantitative estimate of drug-likeness (QED) is 0.861. The Bertz CT molecular complexity index is 553. The number of H-pyrrole nitrogens is 1. The van der Waals surface area contributed by atoms with Gasteiger partial charge in [0, 0.05) is 24.2 Å². The van der Waals surface area contributed by atoms with Gasteiger partial charge in [0.15, 0.2) is 0 Å². The number of fused-ring (bicyclic) bond motifs is 1. The average molecular weight is 260 g/mol. The number of halogens is 1. The molecule has 3 rings (SSSR count). The fourth-order valence-corrected chi connectivity index (χ4v) is 3.06. The van der Waals surface area contributed by atoms with E-state index in [4.69, 9.17) is 0 Å². The van der Waals surface area contributed by atoms with Crippen LogP contribution in [0, 0.1) is 0 Å². The van der Waals surface area contributed by atoms with Crippen molar-refractivity contribution in [3.8, 4) is 0 Å². The van der Waals surface area contributed by atoms with E-state index < -0.39 is 5.67 Å². The van der Waals surface area contributed by atoms with Crippen LogP contribution in [0.4, 0.5) is 4.39 Å². The molecule has 2 N–H and O–H groups in total. The Kier molecular flexibility index (Phi) is 3.31. The molecule has 1 aliphatic rings. The van der Waals surface area contributed by atoms with Gasteiger partial charge in [0.25, 0.3) is 0 Å². The Balaban J connectivity index is 1.81. The second-order valence-electron chi connectivity index (χ2n) is 5.83. The van der Waals surface area contributed by atoms with Crippen LogP contribution in [0.15, 0.2) is 30.5 Å². The Morgan fingerprint density at radius 3 is 3.00 bits per heavy atom. The summed E-state index contributed by atoms with van der Waals surface area (Å²) >= 11 is 0. The van der Waals surface area contributed by atoms with Crippen LogP contribution in [0.25, 0.3) is 10.9 Å². The lowest BCUT2D eigenvalue weighted by Crippen LogP contribution is -2.38. The fourth-order valence-electron chi connectivity index (χ4n) is 3.06. The second kappa shape index (κ2) is 4.97. The molecule has 1 fully saturated rings. The molecule has 2 aromatic rings. The molecule has 0 saturated carbocycles. The molecule has 19 heavy (non-hydrogen) atoms. The van der Waals surface area contributed by atoms with Crippen LogP contribution >= 0.6 is 0 Å². The maximum absolute atomic E-state index is 15.0. The number of nitrogens with one attached hydrogen (secondary N) is 2. The van der Waals surface area contributed by atoms with Crippen molar-refractivity contribution >= 4 is 10.9 Å². The van der Waals surface area contributed by atoms with E-state index in [-0.39, 0.29) is 0 Å². The summed E-state index contributed by atoms with van der Waals surface area (Å²) < 4.78 is 15.0. The minimum atomic E-state index is -1.26. The minimum Gasteiger partial charge on any atom is -0.361 e. The molecule has 0 aliphatic carbocycles. The lowest BCUT2D eigenvalue weighted by Gasteiger charge is -2.30. The van der Waals surface area contributed by atoms with E-state index in [1.807, 2.05) is 30.5 Å². The van der Waals surface area contributed by atoms with Crippen LogP contribution in [0.2, 0.25) is 0 Å². The maximum Gasteiger partial charge on any atom is 0.134 e. The van der Waals surface area contributed by atoms with Gasteiger partial charge in [-0.2, -0.15) is 0 Å². The zero-order chi connectivity index (χ0) is 13.3. The first-order valence-corrected chi connectivity index (χ1v) is 7.15. The van der Waals surface area contributed by atoms with E-state index in [2.05, 4.69) is 10.3 Å². The number of hydrogen-bond donors (Lipinski definition) is 2. The largest absolute Gasteiger partial charge is 0.361 e. The summed E-state index contributed by atoms with van der Waals surface area (Å²) in [6.07, 6.45) is 5.97. The first-order valence-electron chi connectivity index (χ1n) is 7.15. The van der Waals surface area contributed by atoms with E-state index in [1.54, 1.807) is 6.92 Å². The van der Waals surface area contributed by atoms with Crippen molar-refractivity contribution in [2.24, 2.45) is 0 Å². The molecule has 0 spiro atoms. The van der Waals surface area contributed by atoms with Crippen LogP contribution in [0.1, 0.15) is 38.2 Å². The molecule has 1 saturated heterocycles. The SMILES string of the molecule is CC(F)(CC1CCCCN1)c1ccc2[nH]ccc2c1. The van der Waals surface area contributed by atoms with E-state index in [0.29, 0.717) is 12.5 Å². The summed E-state index contributed by atoms with van der Waals surface area (Å²) in [6.45, 7) is 2.73. The number of alkyl halides is 1. The predicted octanol–water partition coefficient (Wildman–Crippen LogP) is 3.88. The standard InChI is InChI=1S/C16H21FN2/c1-16(17,11-14-4-2-3-8-18-14)13-5-6-15-12(10-13)7-9-19-15/h5-7,9-10,14,18-19H,2-4,8,11H2,1H3. The van der Waals surface area contributed by atoms with Crippen LogP contribution in [0.3, 0.4) is 0 Å². The zero-order valence-electron chi connectivity index (χ0n) is 11.4. The molecule has 1 aromatic carbocycles. The number of piperidine rings is 1. The van der Waals surface area contributed by atoms with Gasteiger partial charge in [0.1, 0.15) is 5.67 Å². The van der Waals surface area contributed by atoms with Gasteiger partial charge >= 0.3 is 0 Å². The van der Waals surface area contributed by atoms with Gasteiger partial charge in [-0.3, -0.25) is 0 Å². The smallest absolute Gasteiger partial charge is 0.134 e. The molecule has 3 heteroatoms. The summed E-state index contributed by atoms with van der Waals surface area (Å²) in [5.41, 5.74) is 0.586. The number of rotatable bonds is 3. The van der Waals surface area contributed by atoms with Crippen molar-refractivity contribution in [2.75, 3.05) is 6.54 Å². The molecular formula is C16H21FN2. The van der Waals surface area contributed by atoms with Crippen molar-refractivity contribution in [1.82, 2.24) is 10.3 Å². The topological polar surface area (TPSA) is 27.8 Å². The van der Waals surface area contributed by atoms with Gasteiger partial charge in [0.2, 0.25) is 0 Å². The molecule has 1 aliphatic heterocycles. The highest BCUT2D eigenvalue weighted by Crippen LogP contribution is 2.33. The normalized spacial score (nSPS) is 23.4. The van der Waals surface area contributed by atoms with E-state index in [1.165, 1.54) is 12.8 Å². The highest BCUT2D eigenvalue weighted by Gasteiger charge is 2.30. The van der Waals surface area contributed by atoms with Gasteiger partial charge in [-0.15, -0.1) is 0 Å². The van der Waals surface area contributed by atoms with Crippen molar-refractivity contribution in [1.29, 1.82) is 0 Å². The molecule has 2 nitrogen and oxygen atoms in total. The molecular weight excluding hydrogens is 239 g/mol. The van der Waals surface area contributed by atoms with Gasteiger partial charge in [-0.25, -0.2) is 4.39 Å². The van der Waals surface area contributed by atoms with Gasteiger partial charge in [-0.1, -0.05) is 12.5 Å². The van der Waals surface area contributed by atoms with Crippen molar-refractivity contribution in [3.63, 3.8) is 0 Å². The summed E-state index contributed by atoms with van der Waals surface area (Å²) in [5.74, 6) is 0. The number of benzene rings is 1.